The highest BCUT2D eigenvalue weighted by Gasteiger charge is 2.23. The minimum Gasteiger partial charge on any atom is -0.308 e. The second-order valence-electron chi connectivity index (χ2n) is 14.4. The van der Waals surface area contributed by atoms with E-state index >= 15 is 0 Å². The van der Waals surface area contributed by atoms with Crippen LogP contribution in [0.25, 0.3) is 107 Å². The van der Waals surface area contributed by atoms with Crippen LogP contribution >= 0.6 is 0 Å². The van der Waals surface area contributed by atoms with Gasteiger partial charge in [0, 0.05) is 49.7 Å². The molecule has 0 saturated heterocycles. The van der Waals surface area contributed by atoms with Gasteiger partial charge in [-0.1, -0.05) is 188 Å². The molecule has 3 aromatic heterocycles. The molecule has 7 nitrogen and oxygen atoms in total. The van der Waals surface area contributed by atoms with Crippen LogP contribution in [0, 0.1) is 0 Å². The Morgan fingerprint density at radius 1 is 0.328 bits per heavy atom. The topological polar surface area (TPSA) is 82.3 Å². The molecule has 0 fully saturated rings. The van der Waals surface area contributed by atoms with Crippen LogP contribution in [0.2, 0.25) is 0 Å². The summed E-state index contributed by atoms with van der Waals surface area (Å²) in [7, 11) is 0. The first-order valence-electron chi connectivity index (χ1n) is 22.3. The lowest BCUT2D eigenvalue weighted by atomic mass is 10.0. The number of hydrogen-bond acceptors (Lipinski definition) is 6. The molecule has 8 aromatic carbocycles. The fourth-order valence-corrected chi connectivity index (χ4v) is 7.79. The van der Waals surface area contributed by atoms with E-state index in [1.54, 1.807) is 0 Å². The second-order valence-corrected chi connectivity index (χ2v) is 14.4. The first kappa shape index (κ1) is 30.6. The Balaban J connectivity index is 1.24. The molecular formula is C54H35N7. The van der Waals surface area contributed by atoms with E-state index in [4.69, 9.17) is 36.8 Å². The van der Waals surface area contributed by atoms with Gasteiger partial charge in [-0.2, -0.15) is 0 Å². The standard InChI is InChI=1S/C54H35N7/c1-6-19-36(20-7-1)42-30-18-31-44-43-29-16-17-32-46(43)61(48(42)44)47-34-33-41(53-57-49(37-21-8-2-9-22-37)55-50(58-53)38-23-10-3-11-24-38)35-45(47)54-59-51(39-25-12-4-13-26-39)56-52(60-54)40-27-14-5-15-28-40/h1-35H/i2D,8D,9D,21D,22D. The third-order valence-corrected chi connectivity index (χ3v) is 10.6. The minimum atomic E-state index is -0.505. The van der Waals surface area contributed by atoms with Gasteiger partial charge in [0.05, 0.1) is 23.6 Å². The molecule has 0 aliphatic carbocycles. The first-order valence-corrected chi connectivity index (χ1v) is 19.8. The SMILES string of the molecule is [2H]c1c([2H])c([2H])c(-c2nc(-c3ccccc3)nc(-c3ccc(-n4c5ccccc5c5cccc(-c6ccccc6)c54)c(-c4nc(-c5ccccc5)nc(-c5ccccc5)n4)c3)n2)c([2H])c1[2H]. The average molecular weight is 787 g/mol. The van der Waals surface area contributed by atoms with Crippen molar-refractivity contribution in [2.45, 2.75) is 0 Å². The lowest BCUT2D eigenvalue weighted by Crippen LogP contribution is -2.05. The largest absolute Gasteiger partial charge is 0.308 e. The summed E-state index contributed by atoms with van der Waals surface area (Å²) in [5, 5.41) is 2.14. The zero-order valence-electron chi connectivity index (χ0n) is 37.5. The summed E-state index contributed by atoms with van der Waals surface area (Å²) in [5.74, 6) is 1.78. The van der Waals surface area contributed by atoms with Crippen molar-refractivity contribution < 1.29 is 6.85 Å². The van der Waals surface area contributed by atoms with Crippen LogP contribution in [-0.4, -0.2) is 34.5 Å². The van der Waals surface area contributed by atoms with Crippen LogP contribution in [0.4, 0.5) is 0 Å². The molecule has 0 aliphatic heterocycles. The normalized spacial score (nSPS) is 12.4. The monoisotopic (exact) mass is 786 g/mol. The van der Waals surface area contributed by atoms with Crippen molar-refractivity contribution in [2.24, 2.45) is 0 Å². The average Bonchev–Trinajstić information content (AvgIpc) is 3.72. The summed E-state index contributed by atoms with van der Waals surface area (Å²) >= 11 is 0. The fraction of sp³-hybridized carbons (Fsp3) is 0. The number of rotatable bonds is 8. The van der Waals surface area contributed by atoms with Gasteiger partial charge in [0.15, 0.2) is 34.9 Å². The van der Waals surface area contributed by atoms with Crippen molar-refractivity contribution in [3.05, 3.63) is 212 Å². The van der Waals surface area contributed by atoms with Crippen molar-refractivity contribution in [2.75, 3.05) is 0 Å². The third-order valence-electron chi connectivity index (χ3n) is 10.6. The number of hydrogen-bond donors (Lipinski definition) is 0. The van der Waals surface area contributed by atoms with Crippen molar-refractivity contribution in [3.63, 3.8) is 0 Å². The number of nitrogens with zero attached hydrogens (tertiary/aromatic N) is 7. The van der Waals surface area contributed by atoms with Gasteiger partial charge in [0.25, 0.3) is 0 Å². The third kappa shape index (κ3) is 6.70. The van der Waals surface area contributed by atoms with Crippen LogP contribution in [-0.2, 0) is 0 Å². The number of para-hydroxylation sites is 2. The summed E-state index contributed by atoms with van der Waals surface area (Å²) < 4.78 is 45.2. The number of fused-ring (bicyclic) bond motifs is 3. The fourth-order valence-electron chi connectivity index (χ4n) is 7.79. The second kappa shape index (κ2) is 15.4. The highest BCUT2D eigenvalue weighted by Crippen LogP contribution is 2.41. The van der Waals surface area contributed by atoms with E-state index in [0.29, 0.717) is 34.2 Å². The molecule has 7 heteroatoms. The van der Waals surface area contributed by atoms with Crippen molar-refractivity contribution in [1.29, 1.82) is 0 Å². The minimum absolute atomic E-state index is 0.0609. The number of benzene rings is 8. The highest BCUT2D eigenvalue weighted by atomic mass is 15.1. The molecule has 0 unspecified atom stereocenters. The van der Waals surface area contributed by atoms with Gasteiger partial charge in [0.1, 0.15) is 0 Å². The Morgan fingerprint density at radius 2 is 0.787 bits per heavy atom. The molecular weight excluding hydrogens is 747 g/mol. The van der Waals surface area contributed by atoms with Crippen molar-refractivity contribution in [3.8, 4) is 85.1 Å². The first-order chi connectivity index (χ1) is 32.3. The molecule has 0 atom stereocenters. The van der Waals surface area contributed by atoms with Gasteiger partial charge < -0.3 is 4.57 Å². The smallest absolute Gasteiger partial charge is 0.166 e. The maximum absolute atomic E-state index is 8.87. The van der Waals surface area contributed by atoms with Crippen molar-refractivity contribution >= 4 is 21.8 Å². The molecule has 0 radical (unpaired) electrons. The molecule has 0 aliphatic rings. The lowest BCUT2D eigenvalue weighted by molar-refractivity contribution is 1.06. The molecule has 286 valence electrons. The molecule has 0 bridgehead atoms. The van der Waals surface area contributed by atoms with Crippen LogP contribution in [0.3, 0.4) is 0 Å². The molecule has 11 rings (SSSR count). The highest BCUT2D eigenvalue weighted by molar-refractivity contribution is 6.14. The molecule has 11 aromatic rings. The van der Waals surface area contributed by atoms with E-state index < -0.39 is 30.2 Å². The molecule has 0 amide bonds. The predicted molar refractivity (Wildman–Crippen MR) is 246 cm³/mol. The van der Waals surface area contributed by atoms with Gasteiger partial charge in [0.2, 0.25) is 0 Å². The molecule has 0 spiro atoms. The van der Waals surface area contributed by atoms with Gasteiger partial charge in [-0.25, -0.2) is 29.9 Å². The Kier molecular flexibility index (Phi) is 7.73. The Bertz CT molecular complexity index is 3560. The van der Waals surface area contributed by atoms with Crippen LogP contribution in [0.5, 0.6) is 0 Å². The van der Waals surface area contributed by atoms with E-state index in [-0.39, 0.29) is 23.0 Å². The van der Waals surface area contributed by atoms with E-state index in [0.717, 1.165) is 49.7 Å². The summed E-state index contributed by atoms with van der Waals surface area (Å²) in [6.45, 7) is 0. The Labute approximate surface area is 359 Å². The van der Waals surface area contributed by atoms with Crippen LogP contribution in [0.15, 0.2) is 212 Å². The molecule has 0 N–H and O–H groups in total. The predicted octanol–water partition coefficient (Wildman–Crippen LogP) is 12.8. The molecule has 3 heterocycles. The maximum atomic E-state index is 8.87. The quantitative estimate of drug-likeness (QED) is 0.153. The zero-order chi connectivity index (χ0) is 44.9. The Hall–Kier alpha value is -8.42. The number of aromatic nitrogens is 7. The summed E-state index contributed by atoms with van der Waals surface area (Å²) in [6.07, 6.45) is 0. The van der Waals surface area contributed by atoms with Gasteiger partial charge in [-0.15, -0.1) is 0 Å². The molecule has 0 saturated carbocycles. The van der Waals surface area contributed by atoms with E-state index in [2.05, 4.69) is 47.0 Å². The van der Waals surface area contributed by atoms with Gasteiger partial charge in [-0.05, 0) is 29.8 Å². The Morgan fingerprint density at radius 3 is 1.36 bits per heavy atom. The maximum Gasteiger partial charge on any atom is 0.166 e. The summed E-state index contributed by atoms with van der Waals surface area (Å²) in [4.78, 5) is 30.1. The van der Waals surface area contributed by atoms with E-state index in [1.165, 1.54) is 0 Å². The lowest BCUT2D eigenvalue weighted by Gasteiger charge is -2.17. The summed E-state index contributed by atoms with van der Waals surface area (Å²) in [6, 6.07) is 57.6. The van der Waals surface area contributed by atoms with E-state index in [1.807, 2.05) is 140 Å². The van der Waals surface area contributed by atoms with Gasteiger partial charge in [-0.3, -0.25) is 0 Å². The van der Waals surface area contributed by atoms with Crippen LogP contribution < -0.4 is 0 Å². The van der Waals surface area contributed by atoms with E-state index in [9.17, 15) is 0 Å². The summed E-state index contributed by atoms with van der Waals surface area (Å²) in [5.41, 5.74) is 8.18. The zero-order valence-corrected chi connectivity index (χ0v) is 32.5. The van der Waals surface area contributed by atoms with Crippen LogP contribution in [0.1, 0.15) is 6.85 Å². The van der Waals surface area contributed by atoms with Gasteiger partial charge >= 0.3 is 0 Å². The van der Waals surface area contributed by atoms with Crippen molar-refractivity contribution in [1.82, 2.24) is 34.5 Å². The molecule has 61 heavy (non-hydrogen) atoms.